The van der Waals surface area contributed by atoms with Gasteiger partial charge in [0.25, 0.3) is 0 Å². The van der Waals surface area contributed by atoms with Crippen LogP contribution in [0.1, 0.15) is 41.0 Å². The van der Waals surface area contributed by atoms with Gasteiger partial charge in [-0.25, -0.2) is 0 Å². The van der Waals surface area contributed by atoms with Crippen LogP contribution in [0.3, 0.4) is 0 Å². The van der Waals surface area contributed by atoms with Gasteiger partial charge >= 0.3 is 0 Å². The lowest BCUT2D eigenvalue weighted by atomic mass is 9.85. The normalized spacial score (nSPS) is 26.9. The summed E-state index contributed by atoms with van der Waals surface area (Å²) in [5.74, 6) is 1.36. The fourth-order valence-electron chi connectivity index (χ4n) is 2.79. The van der Waals surface area contributed by atoms with E-state index < -0.39 is 5.60 Å². The van der Waals surface area contributed by atoms with Crippen molar-refractivity contribution in [3.05, 3.63) is 0 Å². The molecule has 1 fully saturated rings. The Morgan fingerprint density at radius 1 is 1.37 bits per heavy atom. The Morgan fingerprint density at radius 2 is 1.95 bits per heavy atom. The van der Waals surface area contributed by atoms with Gasteiger partial charge in [-0.05, 0) is 60.1 Å². The quantitative estimate of drug-likeness (QED) is 0.751. The lowest BCUT2D eigenvalue weighted by Crippen LogP contribution is -2.42. The summed E-state index contributed by atoms with van der Waals surface area (Å²) in [6.07, 6.45) is 3.29. The predicted molar refractivity (Wildman–Crippen MR) is 82.8 cm³/mol. The van der Waals surface area contributed by atoms with Crippen molar-refractivity contribution in [1.29, 1.82) is 0 Å². The van der Waals surface area contributed by atoms with Crippen LogP contribution < -0.4 is 0 Å². The monoisotopic (exact) mass is 287 g/mol. The molecular weight excluding hydrogens is 258 g/mol. The van der Waals surface area contributed by atoms with Gasteiger partial charge in [-0.1, -0.05) is 0 Å². The minimum absolute atomic E-state index is 0.0378. The van der Waals surface area contributed by atoms with Crippen molar-refractivity contribution in [2.75, 3.05) is 25.6 Å². The molecule has 0 aliphatic carbocycles. The van der Waals surface area contributed by atoms with Crippen molar-refractivity contribution in [1.82, 2.24) is 4.90 Å². The van der Waals surface area contributed by atoms with Crippen LogP contribution in [-0.4, -0.2) is 53.5 Å². The van der Waals surface area contributed by atoms with E-state index in [1.54, 1.807) is 0 Å². The Labute approximate surface area is 122 Å². The number of Topliss-reactive ketones (excluding diaryl/α,β-unsaturated/α-hetero) is 1. The Balaban J connectivity index is 2.67. The van der Waals surface area contributed by atoms with E-state index in [9.17, 15) is 4.79 Å². The van der Waals surface area contributed by atoms with Crippen LogP contribution in [0.2, 0.25) is 0 Å². The van der Waals surface area contributed by atoms with Gasteiger partial charge in [0, 0.05) is 12.6 Å². The molecule has 0 N–H and O–H groups in total. The Morgan fingerprint density at radius 3 is 2.37 bits per heavy atom. The van der Waals surface area contributed by atoms with E-state index in [1.165, 1.54) is 0 Å². The molecule has 0 spiro atoms. The minimum Gasteiger partial charge on any atom is -0.361 e. The lowest BCUT2D eigenvalue weighted by Gasteiger charge is -2.31. The molecule has 0 saturated carbocycles. The van der Waals surface area contributed by atoms with Crippen LogP contribution in [0.15, 0.2) is 0 Å². The molecule has 1 rings (SSSR count). The van der Waals surface area contributed by atoms with E-state index in [4.69, 9.17) is 4.74 Å². The molecule has 2 atom stereocenters. The van der Waals surface area contributed by atoms with Gasteiger partial charge in [-0.2, -0.15) is 11.8 Å². The maximum atomic E-state index is 12.5. The number of ether oxygens (including phenoxy) is 1. The minimum atomic E-state index is -0.641. The van der Waals surface area contributed by atoms with E-state index in [0.29, 0.717) is 6.04 Å². The molecule has 0 amide bonds. The molecule has 1 heterocycles. The molecule has 3 nitrogen and oxygen atoms in total. The summed E-state index contributed by atoms with van der Waals surface area (Å²) in [5, 5.41) is 0. The van der Waals surface area contributed by atoms with Crippen LogP contribution in [0.25, 0.3) is 0 Å². The van der Waals surface area contributed by atoms with Crippen molar-refractivity contribution >= 4 is 17.5 Å². The SMILES string of the molecule is CSCCC(C)N(C)CC1C(=O)C(C)(C)OC1(C)C. The molecule has 1 aliphatic heterocycles. The van der Waals surface area contributed by atoms with E-state index >= 15 is 0 Å². The summed E-state index contributed by atoms with van der Waals surface area (Å²) >= 11 is 1.87. The summed E-state index contributed by atoms with van der Waals surface area (Å²) in [6, 6.07) is 0.500. The molecule has 0 bridgehead atoms. The Kier molecular flexibility index (Phi) is 5.50. The molecule has 1 aliphatic rings. The van der Waals surface area contributed by atoms with Crippen LogP contribution >= 0.6 is 11.8 Å². The smallest absolute Gasteiger partial charge is 0.171 e. The first kappa shape index (κ1) is 17.0. The first-order valence-electron chi connectivity index (χ1n) is 7.05. The number of thioether (sulfide) groups is 1. The maximum absolute atomic E-state index is 12.5. The van der Waals surface area contributed by atoms with Crippen molar-refractivity contribution < 1.29 is 9.53 Å². The number of ketones is 1. The van der Waals surface area contributed by atoms with Crippen molar-refractivity contribution in [2.24, 2.45) is 5.92 Å². The number of rotatable bonds is 6. The number of carbonyl (C=O) groups excluding carboxylic acids is 1. The van der Waals surface area contributed by atoms with Crippen LogP contribution in [0.4, 0.5) is 0 Å². The zero-order valence-electron chi connectivity index (χ0n) is 13.4. The fourth-order valence-corrected chi connectivity index (χ4v) is 3.37. The Bertz CT molecular complexity index is 328. The van der Waals surface area contributed by atoms with Gasteiger partial charge in [0.2, 0.25) is 0 Å². The zero-order chi connectivity index (χ0) is 14.8. The maximum Gasteiger partial charge on any atom is 0.171 e. The summed E-state index contributed by atoms with van der Waals surface area (Å²) in [6.45, 7) is 10.8. The number of nitrogens with zero attached hydrogens (tertiary/aromatic N) is 1. The average molecular weight is 287 g/mol. The molecule has 19 heavy (non-hydrogen) atoms. The van der Waals surface area contributed by atoms with Crippen LogP contribution in [0, 0.1) is 5.92 Å². The molecular formula is C15H29NO2S. The van der Waals surface area contributed by atoms with E-state index in [2.05, 4.69) is 25.1 Å². The van der Waals surface area contributed by atoms with Crippen molar-refractivity contribution in [3.8, 4) is 0 Å². The van der Waals surface area contributed by atoms with Crippen molar-refractivity contribution in [2.45, 2.75) is 58.3 Å². The molecule has 0 aromatic carbocycles. The molecule has 1 saturated heterocycles. The van der Waals surface area contributed by atoms with Gasteiger partial charge in [0.05, 0.1) is 11.5 Å². The first-order chi connectivity index (χ1) is 8.62. The van der Waals surface area contributed by atoms with Gasteiger partial charge in [-0.15, -0.1) is 0 Å². The third-order valence-electron chi connectivity index (χ3n) is 4.23. The average Bonchev–Trinajstić information content (AvgIpc) is 2.44. The van der Waals surface area contributed by atoms with Crippen LogP contribution in [-0.2, 0) is 9.53 Å². The molecule has 4 heteroatoms. The Hall–Kier alpha value is -0.0600. The highest BCUT2D eigenvalue weighted by Crippen LogP contribution is 2.39. The zero-order valence-corrected chi connectivity index (χ0v) is 14.3. The molecule has 0 aromatic heterocycles. The molecule has 2 unspecified atom stereocenters. The summed E-state index contributed by atoms with van der Waals surface area (Å²) < 4.78 is 5.94. The summed E-state index contributed by atoms with van der Waals surface area (Å²) in [4.78, 5) is 14.8. The second-order valence-corrected chi connectivity index (χ2v) is 7.69. The van der Waals surface area contributed by atoms with E-state index in [1.807, 2.05) is 39.5 Å². The van der Waals surface area contributed by atoms with Gasteiger partial charge in [0.1, 0.15) is 5.60 Å². The molecule has 0 aromatic rings. The fraction of sp³-hybridized carbons (Fsp3) is 0.933. The van der Waals surface area contributed by atoms with Gasteiger partial charge < -0.3 is 9.64 Å². The lowest BCUT2D eigenvalue weighted by molar-refractivity contribution is -0.132. The second kappa shape index (κ2) is 6.15. The number of hydrogen-bond donors (Lipinski definition) is 0. The van der Waals surface area contributed by atoms with Gasteiger partial charge in [0.15, 0.2) is 5.78 Å². The van der Waals surface area contributed by atoms with Gasteiger partial charge in [-0.3, -0.25) is 4.79 Å². The topological polar surface area (TPSA) is 29.5 Å². The third-order valence-corrected chi connectivity index (χ3v) is 4.87. The largest absolute Gasteiger partial charge is 0.361 e. The van der Waals surface area contributed by atoms with E-state index in [-0.39, 0.29) is 17.3 Å². The third kappa shape index (κ3) is 3.96. The van der Waals surface area contributed by atoms with Crippen LogP contribution in [0.5, 0.6) is 0 Å². The van der Waals surface area contributed by atoms with E-state index in [0.717, 1.165) is 18.7 Å². The standard InChI is InChI=1S/C15H29NO2S/c1-11(8-9-19-7)16(6)10-12-13(17)15(4,5)18-14(12,2)3/h11-12H,8-10H2,1-7H3. The first-order valence-corrected chi connectivity index (χ1v) is 8.45. The highest BCUT2D eigenvalue weighted by molar-refractivity contribution is 7.98. The molecule has 112 valence electrons. The van der Waals surface area contributed by atoms with Crippen molar-refractivity contribution in [3.63, 3.8) is 0 Å². The second-order valence-electron chi connectivity index (χ2n) is 6.70. The number of hydrogen-bond acceptors (Lipinski definition) is 4. The predicted octanol–water partition coefficient (Wildman–Crippen LogP) is 2.83. The number of carbonyl (C=O) groups is 1. The molecule has 0 radical (unpaired) electrons. The highest BCUT2D eigenvalue weighted by Gasteiger charge is 2.53. The summed E-state index contributed by atoms with van der Waals surface area (Å²) in [7, 11) is 2.11. The highest BCUT2D eigenvalue weighted by atomic mass is 32.2. The summed E-state index contributed by atoms with van der Waals surface area (Å²) in [5.41, 5.74) is -1.01.